The van der Waals surface area contributed by atoms with Crippen molar-refractivity contribution in [3.05, 3.63) is 10.9 Å². The van der Waals surface area contributed by atoms with E-state index < -0.39 is 0 Å². The van der Waals surface area contributed by atoms with Gasteiger partial charge in [-0.05, 0) is 24.4 Å². The van der Waals surface area contributed by atoms with Crippen LogP contribution in [-0.4, -0.2) is 11.0 Å². The summed E-state index contributed by atoms with van der Waals surface area (Å²) >= 11 is 1.52. The molecule has 0 N–H and O–H groups in total. The standard InChI is InChI=1S/C8H13NOS/c1-4-10-8-5-7(6(2)3)11-9-8/h5-6H,4H2,1-3H3. The lowest BCUT2D eigenvalue weighted by molar-refractivity contribution is 0.330. The first kappa shape index (κ1) is 8.53. The van der Waals surface area contributed by atoms with Gasteiger partial charge in [0.1, 0.15) is 0 Å². The fourth-order valence-corrected chi connectivity index (χ4v) is 1.43. The number of rotatable bonds is 3. The third-order valence-electron chi connectivity index (χ3n) is 1.37. The van der Waals surface area contributed by atoms with E-state index >= 15 is 0 Å². The maximum Gasteiger partial charge on any atom is 0.225 e. The minimum absolute atomic E-state index is 0.557. The monoisotopic (exact) mass is 171 g/mol. The van der Waals surface area contributed by atoms with Crippen molar-refractivity contribution < 1.29 is 4.74 Å². The Morgan fingerprint density at radius 1 is 1.64 bits per heavy atom. The molecular formula is C8H13NOS. The second-order valence-corrected chi connectivity index (χ2v) is 3.49. The Balaban J connectivity index is 2.66. The van der Waals surface area contributed by atoms with Crippen molar-refractivity contribution in [1.29, 1.82) is 0 Å². The van der Waals surface area contributed by atoms with E-state index in [1.165, 1.54) is 16.4 Å². The van der Waals surface area contributed by atoms with E-state index in [2.05, 4.69) is 18.2 Å². The summed E-state index contributed by atoms with van der Waals surface area (Å²) in [6.45, 7) is 6.97. The quantitative estimate of drug-likeness (QED) is 0.697. The molecule has 0 aliphatic heterocycles. The molecule has 0 aliphatic carbocycles. The van der Waals surface area contributed by atoms with Crippen LogP contribution in [0.2, 0.25) is 0 Å². The number of nitrogens with zero attached hydrogens (tertiary/aromatic N) is 1. The van der Waals surface area contributed by atoms with Gasteiger partial charge in [-0.15, -0.1) is 0 Å². The summed E-state index contributed by atoms with van der Waals surface area (Å²) in [4.78, 5) is 1.29. The Morgan fingerprint density at radius 2 is 2.36 bits per heavy atom. The van der Waals surface area contributed by atoms with Crippen molar-refractivity contribution >= 4 is 11.5 Å². The van der Waals surface area contributed by atoms with Gasteiger partial charge in [-0.2, -0.15) is 4.37 Å². The molecule has 1 aromatic heterocycles. The zero-order chi connectivity index (χ0) is 8.27. The highest BCUT2D eigenvalue weighted by atomic mass is 32.1. The van der Waals surface area contributed by atoms with Crippen LogP contribution >= 0.6 is 11.5 Å². The molecule has 0 fully saturated rings. The van der Waals surface area contributed by atoms with Gasteiger partial charge in [0, 0.05) is 10.9 Å². The van der Waals surface area contributed by atoms with Gasteiger partial charge in [0.2, 0.25) is 5.88 Å². The SMILES string of the molecule is CCOc1cc(C(C)C)sn1. The van der Waals surface area contributed by atoms with Crippen molar-refractivity contribution in [1.82, 2.24) is 4.37 Å². The highest BCUT2D eigenvalue weighted by molar-refractivity contribution is 7.06. The Kier molecular flexibility index (Phi) is 2.88. The lowest BCUT2D eigenvalue weighted by Gasteiger charge is -1.96. The Bertz CT molecular complexity index is 220. The molecule has 0 unspecified atom stereocenters. The first-order chi connectivity index (χ1) is 5.24. The lowest BCUT2D eigenvalue weighted by Crippen LogP contribution is -1.90. The molecule has 2 nitrogen and oxygen atoms in total. The van der Waals surface area contributed by atoms with Crippen LogP contribution < -0.4 is 4.74 Å². The summed E-state index contributed by atoms with van der Waals surface area (Å²) in [5.41, 5.74) is 0. The fraction of sp³-hybridized carbons (Fsp3) is 0.625. The molecule has 0 aliphatic rings. The van der Waals surface area contributed by atoms with E-state index in [1.807, 2.05) is 13.0 Å². The maximum atomic E-state index is 5.24. The van der Waals surface area contributed by atoms with Gasteiger partial charge in [-0.1, -0.05) is 13.8 Å². The van der Waals surface area contributed by atoms with Crippen LogP contribution in [0.15, 0.2) is 6.07 Å². The van der Waals surface area contributed by atoms with E-state index in [9.17, 15) is 0 Å². The highest BCUT2D eigenvalue weighted by Gasteiger charge is 2.04. The summed E-state index contributed by atoms with van der Waals surface area (Å²) in [6.07, 6.45) is 0. The third kappa shape index (κ3) is 2.19. The molecule has 1 aromatic rings. The predicted octanol–water partition coefficient (Wildman–Crippen LogP) is 2.67. The van der Waals surface area contributed by atoms with E-state index in [1.54, 1.807) is 0 Å². The molecule has 11 heavy (non-hydrogen) atoms. The van der Waals surface area contributed by atoms with E-state index in [0.717, 1.165) is 5.88 Å². The van der Waals surface area contributed by atoms with E-state index in [-0.39, 0.29) is 0 Å². The van der Waals surface area contributed by atoms with Crippen LogP contribution in [0.3, 0.4) is 0 Å². The molecule has 0 aromatic carbocycles. The Morgan fingerprint density at radius 3 is 2.82 bits per heavy atom. The summed E-state index contributed by atoms with van der Waals surface area (Å²) in [7, 11) is 0. The molecule has 0 atom stereocenters. The lowest BCUT2D eigenvalue weighted by atomic mass is 10.2. The van der Waals surface area contributed by atoms with Crippen LogP contribution in [-0.2, 0) is 0 Å². The normalized spacial score (nSPS) is 10.5. The minimum Gasteiger partial charge on any atom is -0.477 e. The third-order valence-corrected chi connectivity index (χ3v) is 2.44. The van der Waals surface area contributed by atoms with Crippen molar-refractivity contribution in [2.24, 2.45) is 0 Å². The Labute approximate surface area is 71.4 Å². The molecule has 0 spiro atoms. The average Bonchev–Trinajstić information content (AvgIpc) is 2.37. The van der Waals surface area contributed by atoms with Gasteiger partial charge in [-0.3, -0.25) is 0 Å². The molecular weight excluding hydrogens is 158 g/mol. The van der Waals surface area contributed by atoms with Gasteiger partial charge >= 0.3 is 0 Å². The summed E-state index contributed by atoms with van der Waals surface area (Å²) in [5.74, 6) is 1.32. The Hall–Kier alpha value is -0.570. The molecule has 0 saturated carbocycles. The van der Waals surface area contributed by atoms with Crippen molar-refractivity contribution in [3.8, 4) is 5.88 Å². The molecule has 1 rings (SSSR count). The van der Waals surface area contributed by atoms with Gasteiger partial charge in [0.05, 0.1) is 6.61 Å². The molecule has 3 heteroatoms. The van der Waals surface area contributed by atoms with Crippen LogP contribution in [0.5, 0.6) is 5.88 Å². The summed E-state index contributed by atoms with van der Waals surface area (Å²) in [5, 5.41) is 0. The van der Waals surface area contributed by atoms with Gasteiger partial charge in [0.15, 0.2) is 0 Å². The summed E-state index contributed by atoms with van der Waals surface area (Å²) in [6, 6.07) is 2.01. The van der Waals surface area contributed by atoms with E-state index in [4.69, 9.17) is 4.74 Å². The van der Waals surface area contributed by atoms with Crippen LogP contribution in [0.1, 0.15) is 31.6 Å². The van der Waals surface area contributed by atoms with Gasteiger partial charge in [0.25, 0.3) is 0 Å². The second kappa shape index (κ2) is 3.72. The fourth-order valence-electron chi connectivity index (χ4n) is 0.760. The zero-order valence-corrected chi connectivity index (χ0v) is 7.94. The van der Waals surface area contributed by atoms with Crippen molar-refractivity contribution in [3.63, 3.8) is 0 Å². The van der Waals surface area contributed by atoms with E-state index in [0.29, 0.717) is 12.5 Å². The number of aromatic nitrogens is 1. The van der Waals surface area contributed by atoms with Gasteiger partial charge < -0.3 is 4.74 Å². The molecule has 0 bridgehead atoms. The van der Waals surface area contributed by atoms with Crippen molar-refractivity contribution in [2.45, 2.75) is 26.7 Å². The van der Waals surface area contributed by atoms with Crippen LogP contribution in [0.4, 0.5) is 0 Å². The van der Waals surface area contributed by atoms with Gasteiger partial charge in [-0.25, -0.2) is 0 Å². The zero-order valence-electron chi connectivity index (χ0n) is 7.13. The van der Waals surface area contributed by atoms with Crippen molar-refractivity contribution in [2.75, 3.05) is 6.61 Å². The summed E-state index contributed by atoms with van der Waals surface area (Å²) < 4.78 is 9.38. The maximum absolute atomic E-state index is 5.24. The average molecular weight is 171 g/mol. The predicted molar refractivity (Wildman–Crippen MR) is 47.4 cm³/mol. The molecule has 62 valence electrons. The second-order valence-electron chi connectivity index (χ2n) is 2.66. The molecule has 0 saturated heterocycles. The van der Waals surface area contributed by atoms with Crippen LogP contribution in [0, 0.1) is 0 Å². The number of hydrogen-bond donors (Lipinski definition) is 0. The first-order valence-corrected chi connectivity index (χ1v) is 4.60. The first-order valence-electron chi connectivity index (χ1n) is 3.83. The van der Waals surface area contributed by atoms with Crippen LogP contribution in [0.25, 0.3) is 0 Å². The largest absolute Gasteiger partial charge is 0.477 e. The minimum atomic E-state index is 0.557. The molecule has 1 heterocycles. The highest BCUT2D eigenvalue weighted by Crippen LogP contribution is 2.23. The smallest absolute Gasteiger partial charge is 0.225 e. The molecule has 0 amide bonds. The number of ether oxygens (including phenoxy) is 1. The topological polar surface area (TPSA) is 22.1 Å². The molecule has 0 radical (unpaired) electrons. The number of hydrogen-bond acceptors (Lipinski definition) is 3.